The van der Waals surface area contributed by atoms with Gasteiger partial charge in [0.25, 0.3) is 10.0 Å². The molecule has 1 heterocycles. The van der Waals surface area contributed by atoms with Gasteiger partial charge in [0.15, 0.2) is 0 Å². The Morgan fingerprint density at radius 3 is 2.67 bits per heavy atom. The van der Waals surface area contributed by atoms with Crippen LogP contribution in [0.25, 0.3) is 0 Å². The number of thiocarbonyl (C=S) groups is 1. The molecule has 0 aliphatic heterocycles. The lowest BCUT2D eigenvalue weighted by molar-refractivity contribution is 0.593. The molecule has 0 spiro atoms. The van der Waals surface area contributed by atoms with Crippen LogP contribution >= 0.6 is 12.2 Å². The summed E-state index contributed by atoms with van der Waals surface area (Å²) in [5, 5.41) is 4.03. The first-order valence-electron chi connectivity index (χ1n) is 5.84. The van der Waals surface area contributed by atoms with E-state index >= 15 is 0 Å². The van der Waals surface area contributed by atoms with Gasteiger partial charge >= 0.3 is 0 Å². The molecular weight excluding hydrogens is 315 g/mol. The fraction of sp³-hybridized carbons (Fsp3) is 0.167. The minimum atomic E-state index is -4.04. The molecule has 0 bridgehead atoms. The van der Waals surface area contributed by atoms with Gasteiger partial charge in [0.2, 0.25) is 0 Å². The van der Waals surface area contributed by atoms with Crippen LogP contribution in [0.2, 0.25) is 0 Å². The van der Waals surface area contributed by atoms with Crippen LogP contribution in [0.15, 0.2) is 29.2 Å². The number of aryl methyl sites for hydroxylation is 2. The molecule has 0 fully saturated rings. The molecule has 21 heavy (non-hydrogen) atoms. The van der Waals surface area contributed by atoms with Gasteiger partial charge in [-0.3, -0.25) is 9.40 Å². The minimum Gasteiger partial charge on any atom is -0.389 e. The number of hydrogen-bond acceptors (Lipinski definition) is 4. The van der Waals surface area contributed by atoms with E-state index in [0.29, 0.717) is 5.69 Å². The predicted molar refractivity (Wildman–Crippen MR) is 81.0 cm³/mol. The standard InChI is InChI=1S/C12H13FN4O2S2/c1-7-6-10(17(2)15-7)16-21(18,19)9-5-3-4-8(13)11(9)12(14)20/h3-6,16H,1-2H3,(H2,14,20). The Morgan fingerprint density at radius 2 is 2.14 bits per heavy atom. The van der Waals surface area contributed by atoms with Crippen molar-refractivity contribution >= 4 is 33.0 Å². The molecule has 112 valence electrons. The van der Waals surface area contributed by atoms with E-state index in [-0.39, 0.29) is 21.3 Å². The monoisotopic (exact) mass is 328 g/mol. The lowest BCUT2D eigenvalue weighted by Gasteiger charge is -2.12. The van der Waals surface area contributed by atoms with E-state index in [4.69, 9.17) is 18.0 Å². The zero-order valence-electron chi connectivity index (χ0n) is 11.3. The molecule has 0 saturated carbocycles. The highest BCUT2D eigenvalue weighted by atomic mass is 32.2. The van der Waals surface area contributed by atoms with Crippen LogP contribution in [0, 0.1) is 12.7 Å². The normalized spacial score (nSPS) is 11.4. The molecule has 0 amide bonds. The van der Waals surface area contributed by atoms with Crippen LogP contribution in [-0.2, 0) is 17.1 Å². The lowest BCUT2D eigenvalue weighted by Crippen LogP contribution is -2.22. The van der Waals surface area contributed by atoms with E-state index in [0.717, 1.165) is 6.07 Å². The SMILES string of the molecule is Cc1cc(NS(=O)(=O)c2cccc(F)c2C(N)=S)n(C)n1. The fourth-order valence-electron chi connectivity index (χ4n) is 1.87. The highest BCUT2D eigenvalue weighted by Crippen LogP contribution is 2.22. The number of hydrogen-bond donors (Lipinski definition) is 2. The van der Waals surface area contributed by atoms with Crippen molar-refractivity contribution in [3.05, 3.63) is 41.3 Å². The summed E-state index contributed by atoms with van der Waals surface area (Å²) in [6, 6.07) is 5.17. The van der Waals surface area contributed by atoms with Gasteiger partial charge in [-0.05, 0) is 19.1 Å². The van der Waals surface area contributed by atoms with Crippen LogP contribution in [0.3, 0.4) is 0 Å². The average Bonchev–Trinajstić information content (AvgIpc) is 2.66. The van der Waals surface area contributed by atoms with Crippen molar-refractivity contribution < 1.29 is 12.8 Å². The number of nitrogens with one attached hydrogen (secondary N) is 1. The number of halogens is 1. The zero-order valence-corrected chi connectivity index (χ0v) is 12.9. The molecule has 9 heteroatoms. The van der Waals surface area contributed by atoms with Gasteiger partial charge in [0, 0.05) is 13.1 Å². The third-order valence-corrected chi connectivity index (χ3v) is 4.35. The van der Waals surface area contributed by atoms with E-state index in [9.17, 15) is 12.8 Å². The largest absolute Gasteiger partial charge is 0.389 e. The van der Waals surface area contributed by atoms with E-state index < -0.39 is 15.8 Å². The highest BCUT2D eigenvalue weighted by molar-refractivity contribution is 7.93. The Bertz CT molecular complexity index is 815. The summed E-state index contributed by atoms with van der Waals surface area (Å²) in [5.41, 5.74) is 5.76. The lowest BCUT2D eigenvalue weighted by atomic mass is 10.2. The third-order valence-electron chi connectivity index (χ3n) is 2.75. The van der Waals surface area contributed by atoms with E-state index in [2.05, 4.69) is 9.82 Å². The van der Waals surface area contributed by atoms with Crippen LogP contribution in [0.5, 0.6) is 0 Å². The molecule has 3 N–H and O–H groups in total. The maximum absolute atomic E-state index is 13.8. The number of aromatic nitrogens is 2. The summed E-state index contributed by atoms with van der Waals surface area (Å²) in [5.74, 6) is -0.530. The minimum absolute atomic E-state index is 0.255. The van der Waals surface area contributed by atoms with E-state index in [1.807, 2.05) is 0 Å². The summed E-state index contributed by atoms with van der Waals surface area (Å²) in [6.45, 7) is 1.72. The second kappa shape index (κ2) is 5.41. The van der Waals surface area contributed by atoms with Gasteiger partial charge in [-0.1, -0.05) is 18.3 Å². The van der Waals surface area contributed by atoms with Crippen molar-refractivity contribution in [1.29, 1.82) is 0 Å². The number of sulfonamides is 1. The molecule has 0 atom stereocenters. The van der Waals surface area contributed by atoms with Crippen LogP contribution in [0.4, 0.5) is 10.2 Å². The molecule has 2 rings (SSSR count). The first kappa shape index (κ1) is 15.4. The number of rotatable bonds is 4. The van der Waals surface area contributed by atoms with Gasteiger partial charge in [-0.25, -0.2) is 12.8 Å². The Labute approximate surface area is 126 Å². The molecular formula is C12H13FN4O2S2. The molecule has 2 aromatic rings. The van der Waals surface area contributed by atoms with Gasteiger partial charge in [0.05, 0.1) is 11.3 Å². The van der Waals surface area contributed by atoms with Crippen LogP contribution < -0.4 is 10.5 Å². The topological polar surface area (TPSA) is 90.0 Å². The van der Waals surface area contributed by atoms with Crippen molar-refractivity contribution in [2.45, 2.75) is 11.8 Å². The molecule has 0 radical (unpaired) electrons. The highest BCUT2D eigenvalue weighted by Gasteiger charge is 2.23. The molecule has 1 aromatic heterocycles. The Hall–Kier alpha value is -2.00. The van der Waals surface area contributed by atoms with Crippen molar-refractivity contribution in [3.63, 3.8) is 0 Å². The molecule has 0 saturated heterocycles. The number of nitrogens with two attached hydrogens (primary N) is 1. The smallest absolute Gasteiger partial charge is 0.263 e. The second-order valence-corrected chi connectivity index (χ2v) is 6.47. The summed E-state index contributed by atoms with van der Waals surface area (Å²) < 4.78 is 42.3. The Morgan fingerprint density at radius 1 is 1.48 bits per heavy atom. The average molecular weight is 328 g/mol. The number of nitrogens with zero attached hydrogens (tertiary/aromatic N) is 2. The van der Waals surface area contributed by atoms with Crippen molar-refractivity contribution in [2.24, 2.45) is 12.8 Å². The summed E-state index contributed by atoms with van der Waals surface area (Å²) >= 11 is 4.73. The van der Waals surface area contributed by atoms with E-state index in [1.54, 1.807) is 20.0 Å². The molecule has 0 aliphatic carbocycles. The zero-order chi connectivity index (χ0) is 15.8. The predicted octanol–water partition coefficient (Wildman–Crippen LogP) is 1.30. The van der Waals surface area contributed by atoms with Gasteiger partial charge in [-0.15, -0.1) is 0 Å². The summed E-state index contributed by atoms with van der Waals surface area (Å²) in [6.07, 6.45) is 0. The maximum Gasteiger partial charge on any atom is 0.263 e. The second-order valence-electron chi connectivity index (χ2n) is 4.38. The molecule has 6 nitrogen and oxygen atoms in total. The Kier molecular flexibility index (Phi) is 3.97. The maximum atomic E-state index is 13.8. The van der Waals surface area contributed by atoms with Gasteiger partial charge < -0.3 is 5.73 Å². The fourth-order valence-corrected chi connectivity index (χ4v) is 3.45. The van der Waals surface area contributed by atoms with Gasteiger partial charge in [0.1, 0.15) is 21.5 Å². The Balaban J connectivity index is 2.53. The van der Waals surface area contributed by atoms with Crippen molar-refractivity contribution in [3.8, 4) is 0 Å². The first-order valence-corrected chi connectivity index (χ1v) is 7.73. The van der Waals surface area contributed by atoms with Crippen molar-refractivity contribution in [1.82, 2.24) is 9.78 Å². The van der Waals surface area contributed by atoms with Crippen LogP contribution in [0.1, 0.15) is 11.3 Å². The molecule has 0 aliphatic rings. The number of anilines is 1. The number of benzene rings is 1. The van der Waals surface area contributed by atoms with E-state index in [1.165, 1.54) is 16.8 Å². The summed E-state index contributed by atoms with van der Waals surface area (Å²) in [4.78, 5) is -0.636. The third kappa shape index (κ3) is 3.03. The molecule has 0 unspecified atom stereocenters. The van der Waals surface area contributed by atoms with Crippen LogP contribution in [-0.4, -0.2) is 23.2 Å². The first-order chi connectivity index (χ1) is 9.72. The van der Waals surface area contributed by atoms with Gasteiger partial charge in [-0.2, -0.15) is 5.10 Å². The quantitative estimate of drug-likeness (QED) is 0.826. The molecule has 1 aromatic carbocycles. The summed E-state index contributed by atoms with van der Waals surface area (Å²) in [7, 11) is -2.45. The van der Waals surface area contributed by atoms with Crippen molar-refractivity contribution in [2.75, 3.05) is 4.72 Å².